The number of likely N-dealkylation sites (tertiary alicyclic amines) is 1. The van der Waals surface area contributed by atoms with Gasteiger partial charge in [0, 0.05) is 44.1 Å². The predicted octanol–water partition coefficient (Wildman–Crippen LogP) is 2.17. The number of aromatic nitrogens is 1. The van der Waals surface area contributed by atoms with E-state index in [1.807, 2.05) is 24.5 Å². The number of piperidine rings is 1. The lowest BCUT2D eigenvalue weighted by Crippen LogP contribution is -2.44. The van der Waals surface area contributed by atoms with E-state index in [1.54, 1.807) is 4.90 Å². The van der Waals surface area contributed by atoms with Crippen molar-refractivity contribution in [3.63, 3.8) is 0 Å². The number of hydrogen-bond acceptors (Lipinski definition) is 4. The fourth-order valence-corrected chi connectivity index (χ4v) is 4.54. The molecule has 0 N–H and O–H groups in total. The van der Waals surface area contributed by atoms with Crippen LogP contribution in [0.4, 0.5) is 0 Å². The van der Waals surface area contributed by atoms with Crippen molar-refractivity contribution in [2.24, 2.45) is 0 Å². The number of hydrogen-bond donors (Lipinski definition) is 0. The summed E-state index contributed by atoms with van der Waals surface area (Å²) in [5.74, 6) is -0.326. The van der Waals surface area contributed by atoms with E-state index in [9.17, 15) is 18.0 Å². The molecule has 1 aliphatic rings. The van der Waals surface area contributed by atoms with Crippen molar-refractivity contribution < 1.29 is 18.0 Å². The normalized spacial score (nSPS) is 15.8. The van der Waals surface area contributed by atoms with Crippen LogP contribution in [0.3, 0.4) is 0 Å². The Labute approximate surface area is 165 Å². The third-order valence-electron chi connectivity index (χ3n) is 5.19. The van der Waals surface area contributed by atoms with E-state index in [4.69, 9.17) is 0 Å². The molecule has 2 aromatic rings. The van der Waals surface area contributed by atoms with E-state index in [0.29, 0.717) is 24.7 Å². The van der Waals surface area contributed by atoms with Crippen LogP contribution in [0, 0.1) is 0 Å². The fraction of sp³-hybridized carbons (Fsp3) is 0.400. The first kappa shape index (κ1) is 20.3. The molecule has 7 nitrogen and oxygen atoms in total. The van der Waals surface area contributed by atoms with Crippen LogP contribution in [0.15, 0.2) is 53.7 Å². The van der Waals surface area contributed by atoms with Gasteiger partial charge in [0.05, 0.1) is 11.4 Å². The van der Waals surface area contributed by atoms with Gasteiger partial charge in [0.15, 0.2) is 5.78 Å². The number of Topliss-reactive ketones (excluding diaryl/α,β-unsaturated/α-hetero) is 1. The monoisotopic (exact) mass is 403 g/mol. The predicted molar refractivity (Wildman–Crippen MR) is 106 cm³/mol. The van der Waals surface area contributed by atoms with Crippen LogP contribution in [0.5, 0.6) is 0 Å². The second kappa shape index (κ2) is 8.28. The maximum absolute atomic E-state index is 12.7. The van der Waals surface area contributed by atoms with E-state index < -0.39 is 10.0 Å². The van der Waals surface area contributed by atoms with Gasteiger partial charge in [-0.15, -0.1) is 0 Å². The topological polar surface area (TPSA) is 79.7 Å². The maximum atomic E-state index is 12.7. The molecule has 0 radical (unpaired) electrons. The molecule has 1 fully saturated rings. The second-order valence-corrected chi connectivity index (χ2v) is 9.13. The summed E-state index contributed by atoms with van der Waals surface area (Å²) in [5.41, 5.74) is 0.447. The minimum Gasteiger partial charge on any atom is -0.351 e. The summed E-state index contributed by atoms with van der Waals surface area (Å²) in [6, 6.07) is 10.1. The van der Waals surface area contributed by atoms with Crippen molar-refractivity contribution in [3.8, 4) is 0 Å². The zero-order valence-electron chi connectivity index (χ0n) is 16.1. The Hall–Kier alpha value is -2.45. The molecule has 1 aromatic carbocycles. The Morgan fingerprint density at radius 1 is 1.07 bits per heavy atom. The lowest BCUT2D eigenvalue weighted by atomic mass is 10.0. The number of sulfonamides is 1. The first-order chi connectivity index (χ1) is 13.3. The molecule has 0 spiro atoms. The van der Waals surface area contributed by atoms with Crippen LogP contribution in [-0.2, 0) is 14.8 Å². The molecule has 2 heterocycles. The highest BCUT2D eigenvalue weighted by atomic mass is 32.2. The van der Waals surface area contributed by atoms with Gasteiger partial charge >= 0.3 is 0 Å². The molecule has 0 aliphatic carbocycles. The van der Waals surface area contributed by atoms with Crippen LogP contribution in [0.2, 0.25) is 0 Å². The van der Waals surface area contributed by atoms with Crippen molar-refractivity contribution in [2.45, 2.75) is 30.7 Å². The average Bonchev–Trinajstić information content (AvgIpc) is 3.23. The van der Waals surface area contributed by atoms with Gasteiger partial charge in [-0.3, -0.25) is 9.59 Å². The van der Waals surface area contributed by atoms with Crippen LogP contribution in [0.1, 0.15) is 36.2 Å². The number of amides is 1. The molecule has 1 aliphatic heterocycles. The zero-order chi connectivity index (χ0) is 20.3. The number of carbonyl (C=O) groups excluding carboxylic acids is 2. The standard InChI is InChI=1S/C20H25N3O4S/c1-16(24)17-5-7-19(8-6-17)28(26,27)21(2)15-20(25)23-13-9-18(10-14-23)22-11-3-4-12-22/h3-8,11-12,18H,9-10,13-15H2,1-2H3. The largest absolute Gasteiger partial charge is 0.351 e. The molecule has 28 heavy (non-hydrogen) atoms. The molecular weight excluding hydrogens is 378 g/mol. The number of rotatable bonds is 6. The summed E-state index contributed by atoms with van der Waals surface area (Å²) < 4.78 is 28.6. The van der Waals surface area contributed by atoms with Crippen molar-refractivity contribution >= 4 is 21.7 Å². The molecule has 1 aromatic heterocycles. The van der Waals surface area contributed by atoms with Gasteiger partial charge in [0.1, 0.15) is 0 Å². The van der Waals surface area contributed by atoms with E-state index in [-0.39, 0.29) is 23.1 Å². The first-order valence-electron chi connectivity index (χ1n) is 9.26. The molecule has 1 saturated heterocycles. The Morgan fingerprint density at radius 3 is 2.18 bits per heavy atom. The third kappa shape index (κ3) is 4.34. The summed E-state index contributed by atoms with van der Waals surface area (Å²) in [6.07, 6.45) is 5.76. The first-order valence-corrected chi connectivity index (χ1v) is 10.7. The van der Waals surface area contributed by atoms with Crippen LogP contribution >= 0.6 is 0 Å². The summed E-state index contributed by atoms with van der Waals surface area (Å²) >= 11 is 0. The van der Waals surface area contributed by atoms with Crippen molar-refractivity contribution in [1.82, 2.24) is 13.8 Å². The lowest BCUT2D eigenvalue weighted by molar-refractivity contribution is -0.132. The van der Waals surface area contributed by atoms with Crippen LogP contribution < -0.4 is 0 Å². The average molecular weight is 404 g/mol. The molecule has 3 rings (SSSR count). The van der Waals surface area contributed by atoms with Crippen LogP contribution in [0.25, 0.3) is 0 Å². The van der Waals surface area contributed by atoms with Gasteiger partial charge in [0.25, 0.3) is 0 Å². The molecule has 150 valence electrons. The quantitative estimate of drug-likeness (QED) is 0.693. The molecule has 0 atom stereocenters. The SMILES string of the molecule is CC(=O)c1ccc(S(=O)(=O)N(C)CC(=O)N2CCC(n3cccc3)CC2)cc1. The van der Waals surface area contributed by atoms with Gasteiger partial charge in [-0.2, -0.15) is 4.31 Å². The zero-order valence-corrected chi connectivity index (χ0v) is 16.9. The number of carbonyl (C=O) groups is 2. The Kier molecular flexibility index (Phi) is 6.00. The number of benzene rings is 1. The summed E-state index contributed by atoms with van der Waals surface area (Å²) in [7, 11) is -2.39. The second-order valence-electron chi connectivity index (χ2n) is 7.08. The fourth-order valence-electron chi connectivity index (χ4n) is 3.42. The third-order valence-corrected chi connectivity index (χ3v) is 7.01. The Bertz CT molecular complexity index is 928. The van der Waals surface area contributed by atoms with E-state index in [0.717, 1.165) is 17.1 Å². The molecule has 0 unspecified atom stereocenters. The van der Waals surface area contributed by atoms with E-state index in [1.165, 1.54) is 38.2 Å². The smallest absolute Gasteiger partial charge is 0.243 e. The lowest BCUT2D eigenvalue weighted by Gasteiger charge is -2.33. The van der Waals surface area contributed by atoms with Crippen molar-refractivity contribution in [3.05, 3.63) is 54.4 Å². The van der Waals surface area contributed by atoms with Gasteiger partial charge in [-0.1, -0.05) is 12.1 Å². The molecule has 8 heteroatoms. The number of ketones is 1. The summed E-state index contributed by atoms with van der Waals surface area (Å²) in [6.45, 7) is 2.45. The number of nitrogens with zero attached hydrogens (tertiary/aromatic N) is 3. The van der Waals surface area contributed by atoms with E-state index >= 15 is 0 Å². The van der Waals surface area contributed by atoms with Crippen molar-refractivity contribution in [2.75, 3.05) is 26.7 Å². The van der Waals surface area contributed by atoms with Gasteiger partial charge < -0.3 is 9.47 Å². The molecule has 0 saturated carbocycles. The van der Waals surface area contributed by atoms with Crippen LogP contribution in [-0.4, -0.2) is 60.6 Å². The molecular formula is C20H25N3O4S. The van der Waals surface area contributed by atoms with Crippen molar-refractivity contribution in [1.29, 1.82) is 0 Å². The minimum absolute atomic E-state index is 0.0686. The van der Waals surface area contributed by atoms with E-state index in [2.05, 4.69) is 4.57 Å². The maximum Gasteiger partial charge on any atom is 0.243 e. The highest BCUT2D eigenvalue weighted by molar-refractivity contribution is 7.89. The van der Waals surface area contributed by atoms with Gasteiger partial charge in [0.2, 0.25) is 15.9 Å². The highest BCUT2D eigenvalue weighted by Crippen LogP contribution is 2.23. The minimum atomic E-state index is -3.79. The Balaban J connectivity index is 1.59. The van der Waals surface area contributed by atoms with Gasteiger partial charge in [-0.05, 0) is 44.0 Å². The summed E-state index contributed by atoms with van der Waals surface area (Å²) in [4.78, 5) is 25.7. The molecule has 0 bridgehead atoms. The molecule has 1 amide bonds. The van der Waals surface area contributed by atoms with Gasteiger partial charge in [-0.25, -0.2) is 8.42 Å². The Morgan fingerprint density at radius 2 is 1.64 bits per heavy atom. The highest BCUT2D eigenvalue weighted by Gasteiger charge is 2.28. The summed E-state index contributed by atoms with van der Waals surface area (Å²) in [5, 5.41) is 0. The number of likely N-dealkylation sites (N-methyl/N-ethyl adjacent to an activating group) is 1.